The van der Waals surface area contributed by atoms with Crippen LogP contribution in [-0.4, -0.2) is 43.0 Å². The number of amides is 1. The zero-order valence-electron chi connectivity index (χ0n) is 15.0. The van der Waals surface area contributed by atoms with Crippen molar-refractivity contribution in [3.63, 3.8) is 0 Å². The number of aryl methyl sites for hydroxylation is 1. The number of nitrogens with one attached hydrogen (secondary N) is 1. The summed E-state index contributed by atoms with van der Waals surface area (Å²) in [6.07, 6.45) is 0. The Morgan fingerprint density at radius 2 is 1.77 bits per heavy atom. The van der Waals surface area contributed by atoms with Crippen LogP contribution in [0, 0.1) is 12.7 Å². The van der Waals surface area contributed by atoms with E-state index < -0.39 is 0 Å². The summed E-state index contributed by atoms with van der Waals surface area (Å²) < 4.78 is 13.1. The first-order valence-electron chi connectivity index (χ1n) is 8.75. The van der Waals surface area contributed by atoms with Crippen LogP contribution in [0.2, 0.25) is 5.02 Å². The summed E-state index contributed by atoms with van der Waals surface area (Å²) in [6.45, 7) is 7.03. The molecule has 138 valence electrons. The van der Waals surface area contributed by atoms with Crippen molar-refractivity contribution in [3.8, 4) is 0 Å². The first-order chi connectivity index (χ1) is 12.4. The second-order valence-corrected chi connectivity index (χ2v) is 7.06. The third kappa shape index (κ3) is 4.34. The molecule has 1 saturated heterocycles. The van der Waals surface area contributed by atoms with E-state index in [1.165, 1.54) is 12.1 Å². The van der Waals surface area contributed by atoms with E-state index >= 15 is 0 Å². The molecule has 0 radical (unpaired) electrons. The molecule has 1 fully saturated rings. The molecular formula is C20H23ClFN3O. The summed E-state index contributed by atoms with van der Waals surface area (Å²) in [7, 11) is 0. The van der Waals surface area contributed by atoms with Crippen molar-refractivity contribution >= 4 is 28.9 Å². The molecule has 1 heterocycles. The molecule has 1 aliphatic heterocycles. The second kappa shape index (κ2) is 8.06. The smallest absolute Gasteiger partial charge is 0.241 e. The lowest BCUT2D eigenvalue weighted by Gasteiger charge is -2.38. The third-order valence-corrected chi connectivity index (χ3v) is 5.13. The lowest BCUT2D eigenvalue weighted by molar-refractivity contribution is -0.120. The topological polar surface area (TPSA) is 35.6 Å². The molecule has 0 aromatic heterocycles. The van der Waals surface area contributed by atoms with E-state index in [1.54, 1.807) is 18.2 Å². The van der Waals surface area contributed by atoms with E-state index in [4.69, 9.17) is 11.6 Å². The van der Waals surface area contributed by atoms with E-state index in [2.05, 4.69) is 15.1 Å². The fourth-order valence-electron chi connectivity index (χ4n) is 3.15. The standard InChI is InChI=1S/C20H23ClFN3O/c1-14-3-4-16(21)13-19(14)23-20(26)15(2)24-9-11-25(12-10-24)18-7-5-17(22)6-8-18/h3-8,13,15H,9-12H2,1-2H3,(H,23,26)/t15-/m0/s1. The fourth-order valence-corrected chi connectivity index (χ4v) is 3.32. The van der Waals surface area contributed by atoms with Gasteiger partial charge in [-0.3, -0.25) is 9.69 Å². The molecule has 0 unspecified atom stereocenters. The van der Waals surface area contributed by atoms with E-state index in [1.807, 2.05) is 26.0 Å². The molecule has 3 rings (SSSR count). The number of carbonyl (C=O) groups excluding carboxylic acids is 1. The van der Waals surface area contributed by atoms with Crippen molar-refractivity contribution in [3.05, 3.63) is 58.9 Å². The highest BCUT2D eigenvalue weighted by Gasteiger charge is 2.26. The lowest BCUT2D eigenvalue weighted by Crippen LogP contribution is -2.52. The van der Waals surface area contributed by atoms with Gasteiger partial charge in [0, 0.05) is 42.6 Å². The highest BCUT2D eigenvalue weighted by Crippen LogP contribution is 2.21. The quantitative estimate of drug-likeness (QED) is 0.879. The van der Waals surface area contributed by atoms with E-state index in [9.17, 15) is 9.18 Å². The molecule has 2 aromatic rings. The Labute approximate surface area is 158 Å². The van der Waals surface area contributed by atoms with Gasteiger partial charge in [-0.1, -0.05) is 17.7 Å². The van der Waals surface area contributed by atoms with Crippen LogP contribution in [0.4, 0.5) is 15.8 Å². The Bertz CT molecular complexity index is 773. The minimum absolute atomic E-state index is 0.0365. The molecule has 26 heavy (non-hydrogen) atoms. The van der Waals surface area contributed by atoms with E-state index in [0.717, 1.165) is 43.1 Å². The number of anilines is 2. The van der Waals surface area contributed by atoms with Gasteiger partial charge in [-0.05, 0) is 55.8 Å². The van der Waals surface area contributed by atoms with Crippen LogP contribution in [0.15, 0.2) is 42.5 Å². The van der Waals surface area contributed by atoms with Gasteiger partial charge in [0.05, 0.1) is 6.04 Å². The number of nitrogens with zero attached hydrogens (tertiary/aromatic N) is 2. The summed E-state index contributed by atoms with van der Waals surface area (Å²) in [5.74, 6) is -0.264. The first kappa shape index (κ1) is 18.7. The molecule has 2 aromatic carbocycles. The third-order valence-electron chi connectivity index (χ3n) is 4.89. The normalized spacial score (nSPS) is 16.4. The van der Waals surface area contributed by atoms with Gasteiger partial charge in [0.25, 0.3) is 0 Å². The lowest BCUT2D eigenvalue weighted by atomic mass is 10.1. The summed E-state index contributed by atoms with van der Waals surface area (Å²) in [5.41, 5.74) is 2.74. The van der Waals surface area contributed by atoms with Gasteiger partial charge in [0.1, 0.15) is 5.82 Å². The maximum Gasteiger partial charge on any atom is 0.241 e. The minimum Gasteiger partial charge on any atom is -0.369 e. The SMILES string of the molecule is Cc1ccc(Cl)cc1NC(=O)[C@H](C)N1CCN(c2ccc(F)cc2)CC1. The molecule has 1 amide bonds. The second-order valence-electron chi connectivity index (χ2n) is 6.62. The predicted molar refractivity (Wildman–Crippen MR) is 104 cm³/mol. The number of piperazine rings is 1. The molecule has 1 atom stereocenters. The van der Waals surface area contributed by atoms with Crippen LogP contribution in [0.5, 0.6) is 0 Å². The van der Waals surface area contributed by atoms with Crippen molar-refractivity contribution in [2.24, 2.45) is 0 Å². The molecule has 0 bridgehead atoms. The molecule has 0 aliphatic carbocycles. The van der Waals surface area contributed by atoms with Crippen LogP contribution < -0.4 is 10.2 Å². The Hall–Kier alpha value is -2.11. The Morgan fingerprint density at radius 3 is 2.42 bits per heavy atom. The average molecular weight is 376 g/mol. The monoisotopic (exact) mass is 375 g/mol. The Kier molecular flexibility index (Phi) is 5.79. The largest absolute Gasteiger partial charge is 0.369 e. The van der Waals surface area contributed by atoms with E-state index in [-0.39, 0.29) is 17.8 Å². The van der Waals surface area contributed by atoms with Gasteiger partial charge < -0.3 is 10.2 Å². The molecule has 4 nitrogen and oxygen atoms in total. The molecule has 6 heteroatoms. The van der Waals surface area contributed by atoms with Gasteiger partial charge in [-0.15, -0.1) is 0 Å². The number of hydrogen-bond acceptors (Lipinski definition) is 3. The van der Waals surface area contributed by atoms with Gasteiger partial charge >= 0.3 is 0 Å². The average Bonchev–Trinajstić information content (AvgIpc) is 2.65. The zero-order valence-corrected chi connectivity index (χ0v) is 15.8. The first-order valence-corrected chi connectivity index (χ1v) is 9.13. The van der Waals surface area contributed by atoms with Crippen LogP contribution in [-0.2, 0) is 4.79 Å². The zero-order chi connectivity index (χ0) is 18.7. The van der Waals surface area contributed by atoms with Crippen molar-refractivity contribution < 1.29 is 9.18 Å². The van der Waals surface area contributed by atoms with Crippen molar-refractivity contribution in [2.45, 2.75) is 19.9 Å². The summed E-state index contributed by atoms with van der Waals surface area (Å²) in [5, 5.41) is 3.58. The highest BCUT2D eigenvalue weighted by molar-refractivity contribution is 6.31. The number of hydrogen-bond donors (Lipinski definition) is 1. The van der Waals surface area contributed by atoms with Crippen LogP contribution in [0.25, 0.3) is 0 Å². The minimum atomic E-state index is -0.233. The molecule has 1 N–H and O–H groups in total. The van der Waals surface area contributed by atoms with Gasteiger partial charge in [0.2, 0.25) is 5.91 Å². The highest BCUT2D eigenvalue weighted by atomic mass is 35.5. The van der Waals surface area contributed by atoms with Crippen LogP contribution in [0.1, 0.15) is 12.5 Å². The molecule has 1 aliphatic rings. The molecular weight excluding hydrogens is 353 g/mol. The van der Waals surface area contributed by atoms with Crippen LogP contribution in [0.3, 0.4) is 0 Å². The number of carbonyl (C=O) groups is 1. The van der Waals surface area contributed by atoms with Gasteiger partial charge in [-0.25, -0.2) is 4.39 Å². The number of benzene rings is 2. The predicted octanol–water partition coefficient (Wildman–Crippen LogP) is 3.94. The molecule has 0 saturated carbocycles. The van der Waals surface area contributed by atoms with Crippen molar-refractivity contribution in [2.75, 3.05) is 36.4 Å². The van der Waals surface area contributed by atoms with Crippen molar-refractivity contribution in [1.82, 2.24) is 4.90 Å². The summed E-state index contributed by atoms with van der Waals surface area (Å²) in [4.78, 5) is 17.0. The Balaban J connectivity index is 1.57. The van der Waals surface area contributed by atoms with Crippen molar-refractivity contribution in [1.29, 1.82) is 0 Å². The Morgan fingerprint density at radius 1 is 1.12 bits per heavy atom. The van der Waals surface area contributed by atoms with Gasteiger partial charge in [0.15, 0.2) is 0 Å². The molecule has 0 spiro atoms. The number of rotatable bonds is 4. The number of halogens is 2. The maximum absolute atomic E-state index is 13.1. The maximum atomic E-state index is 13.1. The van der Waals surface area contributed by atoms with Gasteiger partial charge in [-0.2, -0.15) is 0 Å². The summed E-state index contributed by atoms with van der Waals surface area (Å²) >= 11 is 6.02. The summed E-state index contributed by atoms with van der Waals surface area (Å²) in [6, 6.07) is 11.8. The van der Waals surface area contributed by atoms with E-state index in [0.29, 0.717) is 5.02 Å². The fraction of sp³-hybridized carbons (Fsp3) is 0.350. The van der Waals surface area contributed by atoms with Crippen LogP contribution >= 0.6 is 11.6 Å².